The van der Waals surface area contributed by atoms with Gasteiger partial charge in [0.15, 0.2) is 4.91 Å². The van der Waals surface area contributed by atoms with Crippen LogP contribution in [-0.2, 0) is 30.8 Å². The second-order valence-electron chi connectivity index (χ2n) is 6.13. The number of aryl methyl sites for hydroxylation is 1. The van der Waals surface area contributed by atoms with E-state index in [9.17, 15) is 18.0 Å². The van der Waals surface area contributed by atoms with Crippen LogP contribution >= 0.6 is 0 Å². The fraction of sp³-hybridized carbons (Fsp3) is 0.333. The maximum absolute atomic E-state index is 12.9. The first kappa shape index (κ1) is 19.0. The van der Waals surface area contributed by atoms with Crippen molar-refractivity contribution in [2.45, 2.75) is 19.9 Å². The van der Waals surface area contributed by atoms with Gasteiger partial charge in [0, 0.05) is 30.7 Å². The third kappa shape index (κ3) is 2.87. The van der Waals surface area contributed by atoms with E-state index in [2.05, 4.69) is 4.74 Å². The Morgan fingerprint density at radius 2 is 1.78 bits per heavy atom. The fourth-order valence-electron chi connectivity index (χ4n) is 3.21. The number of rotatable bonds is 4. The summed E-state index contributed by atoms with van der Waals surface area (Å²) in [5.74, 6) is -1.52. The standard InChI is InChI=1S/C18H20N2O6S/c1-5-6-20-10-12-9-15(18(22)26-4)27(23,24)19(2)13-7-11(17(21)25-3)8-14(20)16(12)13/h7-10H,5-6H2,1-4H3. The zero-order valence-electron chi connectivity index (χ0n) is 15.5. The molecule has 2 aromatic rings. The lowest BCUT2D eigenvalue weighted by molar-refractivity contribution is -0.135. The molecule has 9 heteroatoms. The highest BCUT2D eigenvalue weighted by atomic mass is 32.2. The normalized spacial score (nSPS) is 15.3. The van der Waals surface area contributed by atoms with Gasteiger partial charge in [0.1, 0.15) is 0 Å². The molecule has 0 fully saturated rings. The van der Waals surface area contributed by atoms with Gasteiger partial charge >= 0.3 is 11.9 Å². The summed E-state index contributed by atoms with van der Waals surface area (Å²) in [6, 6.07) is 3.13. The molecule has 1 aromatic heterocycles. The summed E-state index contributed by atoms with van der Waals surface area (Å²) in [6.07, 6.45) is 3.93. The SMILES string of the molecule is CCCn1cc2c3c(cc(C(=O)OC)cc31)N(C)S(=O)(=O)C(C(=O)OC)=C2. The zero-order chi connectivity index (χ0) is 19.9. The first-order valence-electron chi connectivity index (χ1n) is 8.30. The highest BCUT2D eigenvalue weighted by molar-refractivity contribution is 7.97. The minimum atomic E-state index is -4.15. The zero-order valence-corrected chi connectivity index (χ0v) is 16.3. The van der Waals surface area contributed by atoms with Crippen LogP contribution in [0.3, 0.4) is 0 Å². The predicted molar refractivity (Wildman–Crippen MR) is 101 cm³/mol. The van der Waals surface area contributed by atoms with E-state index in [1.807, 2.05) is 11.5 Å². The molecule has 0 unspecified atom stereocenters. The number of anilines is 1. The Kier molecular flexibility index (Phi) is 4.73. The van der Waals surface area contributed by atoms with Crippen LogP contribution in [0.15, 0.2) is 23.2 Å². The molecular weight excluding hydrogens is 372 g/mol. The Balaban J connectivity index is 2.43. The monoisotopic (exact) mass is 392 g/mol. The van der Waals surface area contributed by atoms with Gasteiger partial charge in [0.2, 0.25) is 0 Å². The molecule has 1 aliphatic heterocycles. The molecule has 0 saturated heterocycles. The summed E-state index contributed by atoms with van der Waals surface area (Å²) in [5, 5.41) is 0.640. The van der Waals surface area contributed by atoms with Gasteiger partial charge in [-0.25, -0.2) is 18.0 Å². The van der Waals surface area contributed by atoms with E-state index < -0.39 is 26.9 Å². The number of hydrogen-bond donors (Lipinski definition) is 0. The number of nitrogens with zero attached hydrogens (tertiary/aromatic N) is 2. The number of methoxy groups -OCH3 is 2. The van der Waals surface area contributed by atoms with Gasteiger partial charge in [-0.1, -0.05) is 6.92 Å². The van der Waals surface area contributed by atoms with Crippen LogP contribution < -0.4 is 4.31 Å². The minimum Gasteiger partial charge on any atom is -0.465 e. The third-order valence-corrected chi connectivity index (χ3v) is 6.28. The lowest BCUT2D eigenvalue weighted by Crippen LogP contribution is -2.30. The fourth-order valence-corrected chi connectivity index (χ4v) is 4.48. The first-order valence-corrected chi connectivity index (χ1v) is 9.74. The van der Waals surface area contributed by atoms with Gasteiger partial charge in [-0.3, -0.25) is 4.31 Å². The molecule has 0 saturated carbocycles. The van der Waals surface area contributed by atoms with Crippen molar-refractivity contribution in [3.8, 4) is 0 Å². The van der Waals surface area contributed by atoms with Crippen molar-refractivity contribution in [3.63, 3.8) is 0 Å². The molecular formula is C18H20N2O6S. The van der Waals surface area contributed by atoms with Crippen molar-refractivity contribution in [2.24, 2.45) is 0 Å². The number of carbonyl (C=O) groups is 2. The van der Waals surface area contributed by atoms with Crippen LogP contribution in [0.25, 0.3) is 17.0 Å². The van der Waals surface area contributed by atoms with Crippen LogP contribution in [0.4, 0.5) is 5.69 Å². The number of benzene rings is 1. The Bertz CT molecular complexity index is 1080. The maximum Gasteiger partial charge on any atom is 0.351 e. The second-order valence-corrected chi connectivity index (χ2v) is 8.07. The number of esters is 2. The number of sulfonamides is 1. The highest BCUT2D eigenvalue weighted by Gasteiger charge is 2.35. The van der Waals surface area contributed by atoms with Crippen molar-refractivity contribution in [3.05, 3.63) is 34.4 Å². The summed E-state index contributed by atoms with van der Waals surface area (Å²) in [6.45, 7) is 2.67. The molecule has 0 bridgehead atoms. The highest BCUT2D eigenvalue weighted by Crippen LogP contribution is 2.39. The van der Waals surface area contributed by atoms with Gasteiger partial charge in [-0.15, -0.1) is 0 Å². The molecule has 144 valence electrons. The van der Waals surface area contributed by atoms with Gasteiger partial charge in [0.25, 0.3) is 10.0 Å². The maximum atomic E-state index is 12.9. The molecule has 3 rings (SSSR count). The van der Waals surface area contributed by atoms with E-state index in [1.54, 1.807) is 12.3 Å². The van der Waals surface area contributed by atoms with E-state index in [1.165, 1.54) is 26.3 Å². The molecule has 0 N–H and O–H groups in total. The number of aromatic nitrogens is 1. The van der Waals surface area contributed by atoms with E-state index in [-0.39, 0.29) is 5.56 Å². The summed E-state index contributed by atoms with van der Waals surface area (Å²) >= 11 is 0. The van der Waals surface area contributed by atoms with Gasteiger partial charge in [0.05, 0.1) is 31.0 Å². The van der Waals surface area contributed by atoms with E-state index in [0.29, 0.717) is 28.7 Å². The van der Waals surface area contributed by atoms with Gasteiger partial charge < -0.3 is 14.0 Å². The molecule has 0 radical (unpaired) electrons. The summed E-state index contributed by atoms with van der Waals surface area (Å²) in [4.78, 5) is 23.8. The lowest BCUT2D eigenvalue weighted by Gasteiger charge is -2.20. The van der Waals surface area contributed by atoms with Crippen LogP contribution in [-0.4, -0.2) is 46.2 Å². The Labute approximate surface area is 157 Å². The molecule has 1 aliphatic rings. The van der Waals surface area contributed by atoms with Gasteiger partial charge in [-0.2, -0.15) is 0 Å². The van der Waals surface area contributed by atoms with Crippen LogP contribution in [0, 0.1) is 0 Å². The van der Waals surface area contributed by atoms with Crippen molar-refractivity contribution in [1.29, 1.82) is 0 Å². The van der Waals surface area contributed by atoms with E-state index >= 15 is 0 Å². The molecule has 0 spiro atoms. The average Bonchev–Trinajstić information content (AvgIpc) is 2.97. The average molecular weight is 392 g/mol. The molecule has 0 atom stereocenters. The Morgan fingerprint density at radius 1 is 1.11 bits per heavy atom. The molecule has 27 heavy (non-hydrogen) atoms. The van der Waals surface area contributed by atoms with Crippen LogP contribution in [0.1, 0.15) is 29.3 Å². The molecule has 8 nitrogen and oxygen atoms in total. The van der Waals surface area contributed by atoms with E-state index in [4.69, 9.17) is 4.74 Å². The number of hydrogen-bond acceptors (Lipinski definition) is 6. The van der Waals surface area contributed by atoms with Crippen molar-refractivity contribution >= 4 is 44.6 Å². The first-order chi connectivity index (χ1) is 12.8. The molecule has 2 heterocycles. The van der Waals surface area contributed by atoms with Crippen LogP contribution in [0.5, 0.6) is 0 Å². The van der Waals surface area contributed by atoms with Gasteiger partial charge in [-0.05, 0) is 24.6 Å². The molecule has 1 aromatic carbocycles. The Morgan fingerprint density at radius 3 is 2.37 bits per heavy atom. The second kappa shape index (κ2) is 6.73. The predicted octanol–water partition coefficient (Wildman–Crippen LogP) is 2.13. The lowest BCUT2D eigenvalue weighted by atomic mass is 10.1. The number of ether oxygens (including phenoxy) is 2. The number of carbonyl (C=O) groups excluding carboxylic acids is 2. The molecule has 0 aliphatic carbocycles. The Hall–Kier alpha value is -2.81. The van der Waals surface area contributed by atoms with Crippen molar-refractivity contribution in [2.75, 3.05) is 25.6 Å². The van der Waals surface area contributed by atoms with Crippen molar-refractivity contribution < 1.29 is 27.5 Å². The van der Waals surface area contributed by atoms with E-state index in [0.717, 1.165) is 17.8 Å². The topological polar surface area (TPSA) is 94.9 Å². The minimum absolute atomic E-state index is 0.227. The largest absolute Gasteiger partial charge is 0.465 e. The van der Waals surface area contributed by atoms with Crippen molar-refractivity contribution in [1.82, 2.24) is 4.57 Å². The summed E-state index contributed by atoms with van der Waals surface area (Å²) in [5.41, 5.74) is 1.78. The summed E-state index contributed by atoms with van der Waals surface area (Å²) in [7, 11) is -0.417. The third-order valence-electron chi connectivity index (χ3n) is 4.53. The quantitative estimate of drug-likeness (QED) is 0.740. The molecule has 0 amide bonds. The smallest absolute Gasteiger partial charge is 0.351 e. The summed E-state index contributed by atoms with van der Waals surface area (Å²) < 4.78 is 38.3. The van der Waals surface area contributed by atoms with Crippen LogP contribution in [0.2, 0.25) is 0 Å².